The summed E-state index contributed by atoms with van der Waals surface area (Å²) >= 11 is 0. The van der Waals surface area contributed by atoms with Crippen LogP contribution in [-0.4, -0.2) is 15.0 Å². The Morgan fingerprint density at radius 3 is 2.81 bits per heavy atom. The molecule has 1 N–H and O–H groups in total. The normalized spacial score (nSPS) is 10.1. The third-order valence-corrected chi connectivity index (χ3v) is 2.08. The van der Waals surface area contributed by atoms with Crippen LogP contribution in [0.25, 0.3) is 0 Å². The second kappa shape index (κ2) is 4.65. The van der Waals surface area contributed by atoms with Crippen molar-refractivity contribution in [1.29, 1.82) is 0 Å². The van der Waals surface area contributed by atoms with E-state index in [1.54, 1.807) is 6.20 Å². The largest absolute Gasteiger partial charge is 0.366 e. The predicted molar refractivity (Wildman–Crippen MR) is 58.3 cm³/mol. The number of pyridine rings is 1. The Hall–Kier alpha value is -2.04. The molecule has 82 valence electrons. The minimum Gasteiger partial charge on any atom is -0.366 e. The Balaban J connectivity index is 1.99. The molecular weight excluding hydrogens is 207 g/mol. The molecule has 2 rings (SSSR count). The molecule has 0 saturated carbocycles. The van der Waals surface area contributed by atoms with Crippen LogP contribution in [0, 0.1) is 12.9 Å². The van der Waals surface area contributed by atoms with Gasteiger partial charge in [0.15, 0.2) is 0 Å². The van der Waals surface area contributed by atoms with Gasteiger partial charge in [-0.25, -0.2) is 9.97 Å². The number of halogens is 1. The van der Waals surface area contributed by atoms with Crippen molar-refractivity contribution in [3.63, 3.8) is 0 Å². The zero-order chi connectivity index (χ0) is 11.4. The van der Waals surface area contributed by atoms with Gasteiger partial charge in [0.05, 0.1) is 0 Å². The fourth-order valence-electron chi connectivity index (χ4n) is 1.23. The van der Waals surface area contributed by atoms with E-state index in [1.807, 2.05) is 19.1 Å². The highest BCUT2D eigenvalue weighted by atomic mass is 19.1. The summed E-state index contributed by atoms with van der Waals surface area (Å²) in [4.78, 5) is 11.4. The number of nitrogens with one attached hydrogen (secondary N) is 1. The highest BCUT2D eigenvalue weighted by Gasteiger charge is 1.98. The van der Waals surface area contributed by atoms with Gasteiger partial charge in [-0.2, -0.15) is 4.39 Å². The fraction of sp³-hybridized carbons (Fsp3) is 0.182. The number of rotatable bonds is 3. The molecule has 0 aliphatic carbocycles. The van der Waals surface area contributed by atoms with Crippen LogP contribution in [0.4, 0.5) is 10.2 Å². The van der Waals surface area contributed by atoms with Crippen LogP contribution in [0.15, 0.2) is 30.7 Å². The van der Waals surface area contributed by atoms with Gasteiger partial charge in [-0.05, 0) is 18.6 Å². The monoisotopic (exact) mass is 218 g/mol. The maximum atomic E-state index is 12.7. The summed E-state index contributed by atoms with van der Waals surface area (Å²) in [6, 6.07) is 5.14. The third kappa shape index (κ3) is 2.73. The van der Waals surface area contributed by atoms with Crippen molar-refractivity contribution >= 4 is 5.82 Å². The molecule has 5 heteroatoms. The van der Waals surface area contributed by atoms with E-state index in [-0.39, 0.29) is 0 Å². The van der Waals surface area contributed by atoms with Gasteiger partial charge in [0, 0.05) is 24.5 Å². The standard InChI is InChI=1S/C11H11FN4/c1-8-2-3-9(5-13-8)6-14-11-4-10(12)15-7-16-11/h2-5,7H,6H2,1H3,(H,14,15,16). The predicted octanol–water partition coefficient (Wildman–Crippen LogP) is 1.93. The Labute approximate surface area is 92.6 Å². The van der Waals surface area contributed by atoms with Gasteiger partial charge in [0.25, 0.3) is 0 Å². The van der Waals surface area contributed by atoms with E-state index in [4.69, 9.17) is 0 Å². The topological polar surface area (TPSA) is 50.7 Å². The maximum absolute atomic E-state index is 12.7. The molecule has 0 aliphatic rings. The third-order valence-electron chi connectivity index (χ3n) is 2.08. The number of nitrogens with zero attached hydrogens (tertiary/aromatic N) is 3. The summed E-state index contributed by atoms with van der Waals surface area (Å²) in [7, 11) is 0. The molecule has 0 fully saturated rings. The van der Waals surface area contributed by atoms with Crippen LogP contribution < -0.4 is 5.32 Å². The Morgan fingerprint density at radius 2 is 2.12 bits per heavy atom. The zero-order valence-corrected chi connectivity index (χ0v) is 8.81. The lowest BCUT2D eigenvalue weighted by Crippen LogP contribution is -2.02. The Morgan fingerprint density at radius 1 is 1.25 bits per heavy atom. The molecule has 0 saturated heterocycles. The quantitative estimate of drug-likeness (QED) is 0.800. The molecule has 0 unspecified atom stereocenters. The Bertz CT molecular complexity index is 470. The molecule has 0 atom stereocenters. The van der Waals surface area contributed by atoms with E-state index in [0.717, 1.165) is 11.3 Å². The van der Waals surface area contributed by atoms with Crippen molar-refractivity contribution < 1.29 is 4.39 Å². The van der Waals surface area contributed by atoms with Gasteiger partial charge >= 0.3 is 0 Å². The van der Waals surface area contributed by atoms with Gasteiger partial charge in [-0.15, -0.1) is 0 Å². The molecule has 4 nitrogen and oxygen atoms in total. The van der Waals surface area contributed by atoms with Crippen molar-refractivity contribution in [3.05, 3.63) is 47.9 Å². The van der Waals surface area contributed by atoms with Crippen molar-refractivity contribution in [2.75, 3.05) is 5.32 Å². The lowest BCUT2D eigenvalue weighted by molar-refractivity contribution is 0.580. The van der Waals surface area contributed by atoms with E-state index in [0.29, 0.717) is 12.4 Å². The van der Waals surface area contributed by atoms with E-state index >= 15 is 0 Å². The van der Waals surface area contributed by atoms with Crippen LogP contribution in [0.5, 0.6) is 0 Å². The van der Waals surface area contributed by atoms with Gasteiger partial charge in [0.1, 0.15) is 12.1 Å². The molecule has 0 bridgehead atoms. The first kappa shape index (κ1) is 10.5. The summed E-state index contributed by atoms with van der Waals surface area (Å²) in [5, 5.41) is 2.99. The maximum Gasteiger partial charge on any atom is 0.217 e. The molecule has 2 heterocycles. The fourth-order valence-corrected chi connectivity index (χ4v) is 1.23. The van der Waals surface area contributed by atoms with Crippen molar-refractivity contribution in [1.82, 2.24) is 15.0 Å². The highest BCUT2D eigenvalue weighted by Crippen LogP contribution is 2.05. The lowest BCUT2D eigenvalue weighted by Gasteiger charge is -2.04. The molecule has 0 aromatic carbocycles. The van der Waals surface area contributed by atoms with E-state index in [2.05, 4.69) is 20.3 Å². The average molecular weight is 218 g/mol. The van der Waals surface area contributed by atoms with E-state index in [9.17, 15) is 4.39 Å². The first-order valence-electron chi connectivity index (χ1n) is 4.87. The molecule has 2 aromatic heterocycles. The van der Waals surface area contributed by atoms with Gasteiger partial charge in [-0.3, -0.25) is 4.98 Å². The van der Waals surface area contributed by atoms with Crippen molar-refractivity contribution in [3.8, 4) is 0 Å². The van der Waals surface area contributed by atoms with Crippen molar-refractivity contribution in [2.45, 2.75) is 13.5 Å². The summed E-state index contributed by atoms with van der Waals surface area (Å²) in [6.07, 6.45) is 2.96. The molecule has 2 aromatic rings. The van der Waals surface area contributed by atoms with Gasteiger partial charge in [-0.1, -0.05) is 6.07 Å². The van der Waals surface area contributed by atoms with Crippen LogP contribution in [-0.2, 0) is 6.54 Å². The first-order valence-corrected chi connectivity index (χ1v) is 4.87. The minimum absolute atomic E-state index is 0.466. The van der Waals surface area contributed by atoms with E-state index in [1.165, 1.54) is 12.4 Å². The van der Waals surface area contributed by atoms with E-state index < -0.39 is 5.95 Å². The van der Waals surface area contributed by atoms with Crippen LogP contribution >= 0.6 is 0 Å². The smallest absolute Gasteiger partial charge is 0.217 e. The van der Waals surface area contributed by atoms with Crippen LogP contribution in [0.3, 0.4) is 0 Å². The van der Waals surface area contributed by atoms with Crippen molar-refractivity contribution in [2.24, 2.45) is 0 Å². The molecular formula is C11H11FN4. The molecule has 0 aliphatic heterocycles. The second-order valence-electron chi connectivity index (χ2n) is 3.39. The molecule has 0 radical (unpaired) electrons. The first-order chi connectivity index (χ1) is 7.74. The summed E-state index contributed by atoms with van der Waals surface area (Å²) in [6.45, 7) is 2.49. The zero-order valence-electron chi connectivity index (χ0n) is 8.81. The molecule has 16 heavy (non-hydrogen) atoms. The number of hydrogen-bond acceptors (Lipinski definition) is 4. The number of aromatic nitrogens is 3. The minimum atomic E-state index is -0.542. The summed E-state index contributed by atoms with van der Waals surface area (Å²) < 4.78 is 12.7. The molecule has 0 amide bonds. The SMILES string of the molecule is Cc1ccc(CNc2cc(F)ncn2)cn1. The average Bonchev–Trinajstić information content (AvgIpc) is 2.28. The summed E-state index contributed by atoms with van der Waals surface area (Å²) in [5.41, 5.74) is 1.99. The Kier molecular flexibility index (Phi) is 3.05. The molecule has 0 spiro atoms. The van der Waals surface area contributed by atoms with Crippen LogP contribution in [0.2, 0.25) is 0 Å². The van der Waals surface area contributed by atoms with Gasteiger partial charge in [0.2, 0.25) is 5.95 Å². The van der Waals surface area contributed by atoms with Crippen LogP contribution in [0.1, 0.15) is 11.3 Å². The number of anilines is 1. The number of aryl methyl sites for hydroxylation is 1. The second-order valence-corrected chi connectivity index (χ2v) is 3.39. The lowest BCUT2D eigenvalue weighted by atomic mass is 10.2. The van der Waals surface area contributed by atoms with Gasteiger partial charge < -0.3 is 5.32 Å². The number of hydrogen-bond donors (Lipinski definition) is 1. The summed E-state index contributed by atoms with van der Waals surface area (Å²) in [5.74, 6) is -0.0763. The highest BCUT2D eigenvalue weighted by molar-refractivity contribution is 5.33.